The minimum absolute atomic E-state index is 0.00814. The van der Waals surface area contributed by atoms with Crippen LogP contribution in [0.15, 0.2) is 42.6 Å². The van der Waals surface area contributed by atoms with Gasteiger partial charge in [0.2, 0.25) is 17.7 Å². The lowest BCUT2D eigenvalue weighted by atomic mass is 9.98. The molecule has 8 nitrogen and oxygen atoms in total. The fourth-order valence-corrected chi connectivity index (χ4v) is 4.05. The first-order valence-electron chi connectivity index (χ1n) is 9.48. The Morgan fingerprint density at radius 2 is 2.03 bits per heavy atom. The number of aromatic nitrogens is 1. The SMILES string of the molecule is COc1ccc(NC(=O)CCN2C(=O)c3ccccc3N3C(=O)CCC23C)cn1. The van der Waals surface area contributed by atoms with Gasteiger partial charge in [0.1, 0.15) is 5.66 Å². The number of fused-ring (bicyclic) bond motifs is 3. The number of hydrogen-bond acceptors (Lipinski definition) is 5. The van der Waals surface area contributed by atoms with Crippen molar-refractivity contribution in [3.05, 3.63) is 48.2 Å². The Kier molecular flexibility index (Phi) is 4.70. The van der Waals surface area contributed by atoms with Crippen LogP contribution in [0.2, 0.25) is 0 Å². The van der Waals surface area contributed by atoms with Crippen molar-refractivity contribution in [3.63, 3.8) is 0 Å². The van der Waals surface area contributed by atoms with Crippen molar-refractivity contribution >= 4 is 29.1 Å². The van der Waals surface area contributed by atoms with Crippen molar-refractivity contribution in [2.24, 2.45) is 0 Å². The Balaban J connectivity index is 1.51. The topological polar surface area (TPSA) is 91.8 Å². The van der Waals surface area contributed by atoms with Crippen molar-refractivity contribution < 1.29 is 19.1 Å². The fourth-order valence-electron chi connectivity index (χ4n) is 4.05. The molecule has 1 fully saturated rings. The number of carbonyl (C=O) groups is 3. The average molecular weight is 394 g/mol. The van der Waals surface area contributed by atoms with E-state index in [-0.39, 0.29) is 30.7 Å². The number of benzene rings is 1. The lowest BCUT2D eigenvalue weighted by Gasteiger charge is -2.48. The predicted octanol–water partition coefficient (Wildman–Crippen LogP) is 2.42. The van der Waals surface area contributed by atoms with Crippen molar-refractivity contribution in [1.82, 2.24) is 9.88 Å². The monoisotopic (exact) mass is 394 g/mol. The summed E-state index contributed by atoms with van der Waals surface area (Å²) in [7, 11) is 1.52. The van der Waals surface area contributed by atoms with Crippen LogP contribution in [-0.2, 0) is 9.59 Å². The van der Waals surface area contributed by atoms with Gasteiger partial charge in [0.05, 0.1) is 30.2 Å². The molecule has 1 aromatic heterocycles. The van der Waals surface area contributed by atoms with Crippen molar-refractivity contribution in [2.45, 2.75) is 31.8 Å². The summed E-state index contributed by atoms with van der Waals surface area (Å²) < 4.78 is 5.00. The Morgan fingerprint density at radius 1 is 1.24 bits per heavy atom. The van der Waals surface area contributed by atoms with E-state index in [0.717, 1.165) is 0 Å². The van der Waals surface area contributed by atoms with Crippen LogP contribution in [0.5, 0.6) is 5.88 Å². The van der Waals surface area contributed by atoms with Gasteiger partial charge in [-0.3, -0.25) is 19.3 Å². The Labute approximate surface area is 168 Å². The number of anilines is 2. The fraction of sp³-hybridized carbons (Fsp3) is 0.333. The number of rotatable bonds is 5. The number of methoxy groups -OCH3 is 1. The minimum atomic E-state index is -0.759. The van der Waals surface area contributed by atoms with Gasteiger partial charge in [-0.15, -0.1) is 0 Å². The standard InChI is InChI=1S/C21H22N4O4/c1-21-11-9-19(27)25(21)16-6-4-3-5-15(16)20(28)24(21)12-10-17(26)23-14-7-8-18(29-2)22-13-14/h3-8,13H,9-12H2,1-2H3,(H,23,26). The van der Waals surface area contributed by atoms with Crippen molar-refractivity contribution in [2.75, 3.05) is 23.9 Å². The molecule has 2 aliphatic heterocycles. The van der Waals surface area contributed by atoms with Gasteiger partial charge >= 0.3 is 0 Å². The third kappa shape index (κ3) is 3.20. The molecule has 0 bridgehead atoms. The van der Waals surface area contributed by atoms with Gasteiger partial charge in [-0.1, -0.05) is 12.1 Å². The predicted molar refractivity (Wildman–Crippen MR) is 107 cm³/mol. The molecule has 1 saturated heterocycles. The summed E-state index contributed by atoms with van der Waals surface area (Å²) in [5, 5.41) is 2.77. The summed E-state index contributed by atoms with van der Waals surface area (Å²) in [5.41, 5.74) is 0.923. The van der Waals surface area contributed by atoms with Crippen LogP contribution < -0.4 is 15.0 Å². The van der Waals surface area contributed by atoms with Crippen LogP contribution in [-0.4, -0.2) is 46.9 Å². The second-order valence-corrected chi connectivity index (χ2v) is 7.31. The maximum Gasteiger partial charge on any atom is 0.257 e. The quantitative estimate of drug-likeness (QED) is 0.841. The molecule has 2 aliphatic rings. The summed E-state index contributed by atoms with van der Waals surface area (Å²) in [6.07, 6.45) is 2.53. The van der Waals surface area contributed by atoms with Gasteiger partial charge in [0.25, 0.3) is 5.91 Å². The van der Waals surface area contributed by atoms with Gasteiger partial charge in [-0.05, 0) is 31.5 Å². The number of ether oxygens (including phenoxy) is 1. The van der Waals surface area contributed by atoms with Gasteiger partial charge in [0.15, 0.2) is 0 Å². The van der Waals surface area contributed by atoms with E-state index in [9.17, 15) is 14.4 Å². The highest BCUT2D eigenvalue weighted by molar-refractivity contribution is 6.10. The summed E-state index contributed by atoms with van der Waals surface area (Å²) in [4.78, 5) is 45.5. The molecule has 8 heteroatoms. The molecule has 0 spiro atoms. The third-order valence-corrected chi connectivity index (χ3v) is 5.54. The van der Waals surface area contributed by atoms with E-state index >= 15 is 0 Å². The molecule has 150 valence electrons. The Bertz CT molecular complexity index is 975. The van der Waals surface area contributed by atoms with E-state index in [0.29, 0.717) is 35.7 Å². The maximum absolute atomic E-state index is 13.1. The minimum Gasteiger partial charge on any atom is -0.481 e. The van der Waals surface area contributed by atoms with Crippen LogP contribution in [0.4, 0.5) is 11.4 Å². The highest BCUT2D eigenvalue weighted by atomic mass is 16.5. The molecule has 1 aromatic carbocycles. The van der Waals surface area contributed by atoms with Gasteiger partial charge in [0, 0.05) is 25.5 Å². The van der Waals surface area contributed by atoms with Gasteiger partial charge in [-0.25, -0.2) is 4.98 Å². The second-order valence-electron chi connectivity index (χ2n) is 7.31. The van der Waals surface area contributed by atoms with E-state index in [1.165, 1.54) is 13.3 Å². The van der Waals surface area contributed by atoms with Crippen LogP contribution in [0.1, 0.15) is 36.5 Å². The number of pyridine rings is 1. The highest BCUT2D eigenvalue weighted by Gasteiger charge is 2.52. The normalized spacial score (nSPS) is 20.3. The molecule has 0 aliphatic carbocycles. The second kappa shape index (κ2) is 7.20. The summed E-state index contributed by atoms with van der Waals surface area (Å²) in [6, 6.07) is 10.5. The molecule has 1 unspecified atom stereocenters. The van der Waals surface area contributed by atoms with Gasteiger partial charge < -0.3 is 15.0 Å². The molecule has 0 radical (unpaired) electrons. The molecular weight excluding hydrogens is 372 g/mol. The van der Waals surface area contributed by atoms with Crippen LogP contribution in [0.3, 0.4) is 0 Å². The van der Waals surface area contributed by atoms with E-state index in [1.54, 1.807) is 40.1 Å². The molecule has 29 heavy (non-hydrogen) atoms. The van der Waals surface area contributed by atoms with Crippen molar-refractivity contribution in [3.8, 4) is 5.88 Å². The lowest BCUT2D eigenvalue weighted by molar-refractivity contribution is -0.117. The van der Waals surface area contributed by atoms with E-state index in [1.807, 2.05) is 13.0 Å². The highest BCUT2D eigenvalue weighted by Crippen LogP contribution is 2.43. The molecule has 1 atom stereocenters. The molecule has 2 aromatic rings. The van der Waals surface area contributed by atoms with Gasteiger partial charge in [-0.2, -0.15) is 0 Å². The first kappa shape index (κ1) is 18.9. The first-order chi connectivity index (χ1) is 13.9. The van der Waals surface area contributed by atoms with Crippen LogP contribution in [0.25, 0.3) is 0 Å². The molecule has 1 N–H and O–H groups in total. The molecule has 4 rings (SSSR count). The van der Waals surface area contributed by atoms with E-state index in [2.05, 4.69) is 10.3 Å². The first-order valence-corrected chi connectivity index (χ1v) is 9.48. The molecule has 3 heterocycles. The van der Waals surface area contributed by atoms with Crippen molar-refractivity contribution in [1.29, 1.82) is 0 Å². The van der Waals surface area contributed by atoms with Crippen LogP contribution in [0, 0.1) is 0 Å². The number of nitrogens with zero attached hydrogens (tertiary/aromatic N) is 3. The smallest absolute Gasteiger partial charge is 0.257 e. The zero-order valence-electron chi connectivity index (χ0n) is 16.3. The molecule has 0 saturated carbocycles. The zero-order chi connectivity index (χ0) is 20.6. The number of carbonyl (C=O) groups excluding carboxylic acids is 3. The molecular formula is C21H22N4O4. The largest absolute Gasteiger partial charge is 0.481 e. The zero-order valence-corrected chi connectivity index (χ0v) is 16.3. The lowest BCUT2D eigenvalue weighted by Crippen LogP contribution is -2.62. The summed E-state index contributed by atoms with van der Waals surface area (Å²) in [6.45, 7) is 2.10. The van der Waals surface area contributed by atoms with Crippen LogP contribution >= 0.6 is 0 Å². The Morgan fingerprint density at radius 3 is 2.76 bits per heavy atom. The number of para-hydroxylation sites is 1. The average Bonchev–Trinajstić information content (AvgIpc) is 3.03. The number of hydrogen-bond donors (Lipinski definition) is 1. The van der Waals surface area contributed by atoms with E-state index in [4.69, 9.17) is 4.74 Å². The molecule has 3 amide bonds. The number of amides is 3. The third-order valence-electron chi connectivity index (χ3n) is 5.54. The van der Waals surface area contributed by atoms with E-state index < -0.39 is 5.66 Å². The Hall–Kier alpha value is -3.42. The summed E-state index contributed by atoms with van der Waals surface area (Å²) in [5.74, 6) is 0.0572. The summed E-state index contributed by atoms with van der Waals surface area (Å²) >= 11 is 0. The maximum atomic E-state index is 13.1. The number of nitrogens with one attached hydrogen (secondary N) is 1.